The quantitative estimate of drug-likeness (QED) is 0.818. The Bertz CT molecular complexity index is 641. The van der Waals surface area contributed by atoms with Crippen molar-refractivity contribution in [3.05, 3.63) is 57.6 Å². The van der Waals surface area contributed by atoms with Gasteiger partial charge in [-0.05, 0) is 36.8 Å². The van der Waals surface area contributed by atoms with Crippen molar-refractivity contribution in [1.29, 1.82) is 0 Å². The number of benzene rings is 2. The summed E-state index contributed by atoms with van der Waals surface area (Å²) in [5.74, 6) is -0.283. The average molecular weight is 295 g/mol. The Hall–Kier alpha value is -1.71. The first-order valence-corrected chi connectivity index (χ1v) is 6.36. The van der Waals surface area contributed by atoms with Gasteiger partial charge in [0, 0.05) is 5.69 Å². The van der Waals surface area contributed by atoms with Crippen molar-refractivity contribution in [1.82, 2.24) is 0 Å². The van der Waals surface area contributed by atoms with Gasteiger partial charge in [0.05, 0.1) is 21.3 Å². The van der Waals surface area contributed by atoms with Crippen LogP contribution in [0.2, 0.25) is 10.0 Å². The van der Waals surface area contributed by atoms with Gasteiger partial charge in [-0.2, -0.15) is 0 Å². The number of carbonyl (C=O) groups is 1. The fourth-order valence-corrected chi connectivity index (χ4v) is 2.02. The number of anilines is 2. The largest absolute Gasteiger partial charge is 0.398 e. The van der Waals surface area contributed by atoms with Crippen molar-refractivity contribution < 1.29 is 4.79 Å². The maximum absolute atomic E-state index is 12.1. The van der Waals surface area contributed by atoms with E-state index in [2.05, 4.69) is 5.32 Å². The molecule has 0 aliphatic heterocycles. The SMILES string of the molecule is Cc1cccc(C(=O)Nc2ccc(N)c(Cl)c2)c1Cl. The number of nitrogens with two attached hydrogens (primary N) is 1. The predicted molar refractivity (Wildman–Crippen MR) is 80.0 cm³/mol. The lowest BCUT2D eigenvalue weighted by Gasteiger charge is -2.09. The van der Waals surface area contributed by atoms with Gasteiger partial charge >= 0.3 is 0 Å². The number of hydrogen-bond acceptors (Lipinski definition) is 2. The third-order valence-corrected chi connectivity index (χ3v) is 3.52. The van der Waals surface area contributed by atoms with Gasteiger partial charge in [0.2, 0.25) is 0 Å². The van der Waals surface area contributed by atoms with Gasteiger partial charge in [-0.15, -0.1) is 0 Å². The molecule has 3 N–H and O–H groups in total. The van der Waals surface area contributed by atoms with Crippen LogP contribution in [0.25, 0.3) is 0 Å². The van der Waals surface area contributed by atoms with Crippen LogP contribution in [0.15, 0.2) is 36.4 Å². The summed E-state index contributed by atoms with van der Waals surface area (Å²) in [5.41, 5.74) is 7.92. The van der Waals surface area contributed by atoms with E-state index in [9.17, 15) is 4.79 Å². The van der Waals surface area contributed by atoms with Gasteiger partial charge < -0.3 is 11.1 Å². The van der Waals surface area contributed by atoms with Crippen LogP contribution in [0.3, 0.4) is 0 Å². The molecule has 19 heavy (non-hydrogen) atoms. The summed E-state index contributed by atoms with van der Waals surface area (Å²) in [7, 11) is 0. The molecular formula is C14H12Cl2N2O. The number of hydrogen-bond donors (Lipinski definition) is 2. The van der Waals surface area contributed by atoms with Crippen molar-refractivity contribution in [3.63, 3.8) is 0 Å². The fraction of sp³-hybridized carbons (Fsp3) is 0.0714. The van der Waals surface area contributed by atoms with E-state index >= 15 is 0 Å². The van der Waals surface area contributed by atoms with E-state index in [-0.39, 0.29) is 5.91 Å². The van der Waals surface area contributed by atoms with E-state index in [1.807, 2.05) is 13.0 Å². The maximum atomic E-state index is 12.1. The monoisotopic (exact) mass is 294 g/mol. The molecule has 2 aromatic carbocycles. The molecule has 0 saturated carbocycles. The van der Waals surface area contributed by atoms with Gasteiger partial charge in [-0.25, -0.2) is 0 Å². The summed E-state index contributed by atoms with van der Waals surface area (Å²) in [4.78, 5) is 12.1. The molecule has 1 amide bonds. The Morgan fingerprint density at radius 3 is 2.63 bits per heavy atom. The van der Waals surface area contributed by atoms with Crippen LogP contribution >= 0.6 is 23.2 Å². The highest BCUT2D eigenvalue weighted by atomic mass is 35.5. The lowest BCUT2D eigenvalue weighted by molar-refractivity contribution is 0.102. The Morgan fingerprint density at radius 2 is 1.95 bits per heavy atom. The molecule has 0 bridgehead atoms. The van der Waals surface area contributed by atoms with Crippen molar-refractivity contribution >= 4 is 40.5 Å². The van der Waals surface area contributed by atoms with E-state index in [0.717, 1.165) is 5.56 Å². The molecular weight excluding hydrogens is 283 g/mol. The van der Waals surface area contributed by atoms with Gasteiger partial charge in [0.1, 0.15) is 0 Å². The Kier molecular flexibility index (Phi) is 3.98. The first-order valence-electron chi connectivity index (χ1n) is 5.60. The lowest BCUT2D eigenvalue weighted by Crippen LogP contribution is -2.12. The molecule has 5 heteroatoms. The first kappa shape index (κ1) is 13.7. The summed E-state index contributed by atoms with van der Waals surface area (Å²) < 4.78 is 0. The smallest absolute Gasteiger partial charge is 0.257 e. The zero-order chi connectivity index (χ0) is 14.0. The van der Waals surface area contributed by atoms with E-state index in [1.165, 1.54) is 0 Å². The summed E-state index contributed by atoms with van der Waals surface area (Å²) in [5, 5.41) is 3.57. The van der Waals surface area contributed by atoms with Crippen molar-refractivity contribution in [2.45, 2.75) is 6.92 Å². The molecule has 0 atom stereocenters. The lowest BCUT2D eigenvalue weighted by atomic mass is 10.1. The van der Waals surface area contributed by atoms with Gasteiger partial charge in [0.15, 0.2) is 0 Å². The summed E-state index contributed by atoms with van der Waals surface area (Å²) in [6, 6.07) is 10.2. The number of nitrogen functional groups attached to an aromatic ring is 1. The molecule has 0 aliphatic carbocycles. The third-order valence-electron chi connectivity index (χ3n) is 2.69. The minimum Gasteiger partial charge on any atom is -0.398 e. The van der Waals surface area contributed by atoms with E-state index in [1.54, 1.807) is 30.3 Å². The summed E-state index contributed by atoms with van der Waals surface area (Å²) in [6.07, 6.45) is 0. The van der Waals surface area contributed by atoms with Crippen molar-refractivity contribution in [2.75, 3.05) is 11.1 Å². The molecule has 0 unspecified atom stereocenters. The number of halogens is 2. The van der Waals surface area contributed by atoms with Crippen LogP contribution in [0.4, 0.5) is 11.4 Å². The number of aryl methyl sites for hydroxylation is 1. The standard InChI is InChI=1S/C14H12Cl2N2O/c1-8-3-2-4-10(13(8)16)14(19)18-9-5-6-12(17)11(15)7-9/h2-7H,17H2,1H3,(H,18,19). The predicted octanol–water partition coefficient (Wildman–Crippen LogP) is 4.14. The highest BCUT2D eigenvalue weighted by molar-refractivity contribution is 6.35. The molecule has 98 valence electrons. The van der Waals surface area contributed by atoms with Crippen LogP contribution in [0, 0.1) is 6.92 Å². The average Bonchev–Trinajstić information content (AvgIpc) is 2.37. The molecule has 0 aliphatic rings. The van der Waals surface area contributed by atoms with Gasteiger partial charge in [-0.3, -0.25) is 4.79 Å². The second-order valence-corrected chi connectivity index (χ2v) is 4.91. The zero-order valence-electron chi connectivity index (χ0n) is 10.2. The molecule has 2 aromatic rings. The number of rotatable bonds is 2. The highest BCUT2D eigenvalue weighted by Crippen LogP contribution is 2.25. The van der Waals surface area contributed by atoms with Crippen LogP contribution in [0.1, 0.15) is 15.9 Å². The number of nitrogens with one attached hydrogen (secondary N) is 1. The zero-order valence-corrected chi connectivity index (χ0v) is 11.7. The first-order chi connectivity index (χ1) is 8.99. The van der Waals surface area contributed by atoms with Crippen LogP contribution in [0.5, 0.6) is 0 Å². The molecule has 2 rings (SSSR count). The highest BCUT2D eigenvalue weighted by Gasteiger charge is 2.12. The normalized spacial score (nSPS) is 10.3. The minimum absolute atomic E-state index is 0.283. The summed E-state index contributed by atoms with van der Waals surface area (Å²) >= 11 is 12.0. The van der Waals surface area contributed by atoms with Crippen LogP contribution < -0.4 is 11.1 Å². The second kappa shape index (κ2) is 5.51. The van der Waals surface area contributed by atoms with E-state index in [0.29, 0.717) is 27.0 Å². The fourth-order valence-electron chi connectivity index (χ4n) is 1.63. The van der Waals surface area contributed by atoms with Crippen LogP contribution in [-0.4, -0.2) is 5.91 Å². The Balaban J connectivity index is 2.26. The van der Waals surface area contributed by atoms with Crippen molar-refractivity contribution in [2.24, 2.45) is 0 Å². The molecule has 3 nitrogen and oxygen atoms in total. The molecule has 0 spiro atoms. The summed E-state index contributed by atoms with van der Waals surface area (Å²) in [6.45, 7) is 1.85. The third kappa shape index (κ3) is 3.00. The van der Waals surface area contributed by atoms with Gasteiger partial charge in [-0.1, -0.05) is 35.3 Å². The Morgan fingerprint density at radius 1 is 1.21 bits per heavy atom. The van der Waals surface area contributed by atoms with Crippen molar-refractivity contribution in [3.8, 4) is 0 Å². The van der Waals surface area contributed by atoms with Crippen LogP contribution in [-0.2, 0) is 0 Å². The molecule has 0 aromatic heterocycles. The molecule has 0 heterocycles. The molecule has 0 saturated heterocycles. The molecule has 0 radical (unpaired) electrons. The minimum atomic E-state index is -0.283. The molecule has 0 fully saturated rings. The van der Waals surface area contributed by atoms with E-state index in [4.69, 9.17) is 28.9 Å². The topological polar surface area (TPSA) is 55.1 Å². The number of amides is 1. The van der Waals surface area contributed by atoms with E-state index < -0.39 is 0 Å². The van der Waals surface area contributed by atoms with Gasteiger partial charge in [0.25, 0.3) is 5.91 Å². The maximum Gasteiger partial charge on any atom is 0.257 e. The second-order valence-electron chi connectivity index (χ2n) is 4.13. The number of carbonyl (C=O) groups excluding carboxylic acids is 1. The Labute approximate surface area is 121 Å².